The van der Waals surface area contributed by atoms with Crippen molar-refractivity contribution in [2.75, 3.05) is 0 Å². The summed E-state index contributed by atoms with van der Waals surface area (Å²) in [6.07, 6.45) is 0.559. The van der Waals surface area contributed by atoms with Crippen molar-refractivity contribution in [3.63, 3.8) is 0 Å². The van der Waals surface area contributed by atoms with Crippen molar-refractivity contribution < 1.29 is 9.90 Å². The van der Waals surface area contributed by atoms with Crippen LogP contribution in [0, 0.1) is 0 Å². The predicted molar refractivity (Wildman–Crippen MR) is 43.5 cm³/mol. The lowest BCUT2D eigenvalue weighted by Gasteiger charge is -1.96. The highest BCUT2D eigenvalue weighted by atomic mass is 32.1. The quantitative estimate of drug-likeness (QED) is 0.370. The number of carboxylic acids is 1. The maximum absolute atomic E-state index is 10.3. The zero-order chi connectivity index (χ0) is 8.15. The average Bonchev–Trinajstić information content (AvgIpc) is 1.88. The van der Waals surface area contributed by atoms with Gasteiger partial charge >= 0.3 is 5.97 Å². The van der Waals surface area contributed by atoms with Gasteiger partial charge in [0.15, 0.2) is 5.70 Å². The van der Waals surface area contributed by atoms with E-state index in [0.29, 0.717) is 11.3 Å². The van der Waals surface area contributed by atoms with E-state index in [1.165, 1.54) is 0 Å². The number of thiol groups is 1. The number of aliphatic carboxylic acids is 1. The molecule has 0 heterocycles. The molecule has 0 aromatic rings. The fraction of sp³-hybridized carbons (Fsp3) is 0.333. The molecule has 1 N–H and O–H groups in total. The van der Waals surface area contributed by atoms with Gasteiger partial charge in [0, 0.05) is 4.91 Å². The lowest BCUT2D eigenvalue weighted by molar-refractivity contribution is -0.132. The van der Waals surface area contributed by atoms with Crippen molar-refractivity contribution >= 4 is 25.3 Å². The molecule has 0 aliphatic heterocycles. The van der Waals surface area contributed by atoms with Gasteiger partial charge in [-0.15, -0.1) is 12.6 Å². The monoisotopic (exact) mass is 159 g/mol. The van der Waals surface area contributed by atoms with Gasteiger partial charge in [0.1, 0.15) is 0 Å². The first kappa shape index (κ1) is 9.23. The molecule has 10 heavy (non-hydrogen) atoms. The Bertz CT molecular complexity index is 186. The fourth-order valence-electron chi connectivity index (χ4n) is 0.450. The van der Waals surface area contributed by atoms with Gasteiger partial charge in [-0.05, 0) is 13.1 Å². The summed E-state index contributed by atoms with van der Waals surface area (Å²) in [5.41, 5.74) is -0.0640. The highest BCUT2D eigenvalue weighted by Crippen LogP contribution is 2.13. The second-order valence-corrected chi connectivity index (χ2v) is 2.15. The molecule has 0 fully saturated rings. The highest BCUT2D eigenvalue weighted by molar-refractivity contribution is 7.84. The van der Waals surface area contributed by atoms with E-state index >= 15 is 0 Å². The molecule has 0 unspecified atom stereocenters. The molecular weight excluding hydrogens is 150 g/mol. The predicted octanol–water partition coefficient (Wildman–Crippen LogP) is 1.32. The van der Waals surface area contributed by atoms with Crippen LogP contribution in [0.2, 0.25) is 0 Å². The van der Waals surface area contributed by atoms with Crippen molar-refractivity contribution in [1.82, 2.24) is 0 Å². The number of carboxylic acid groups (broad SMARTS) is 1. The molecule has 0 bridgehead atoms. The largest absolute Gasteiger partial charge is 0.476 e. The molecule has 0 saturated carbocycles. The molecule has 0 saturated heterocycles. The average molecular weight is 159 g/mol. The van der Waals surface area contributed by atoms with Crippen molar-refractivity contribution in [3.05, 3.63) is 10.6 Å². The molecule has 0 spiro atoms. The molecule has 0 aromatic heterocycles. The summed E-state index contributed by atoms with van der Waals surface area (Å²) in [6.45, 7) is 4.92. The third-order valence-electron chi connectivity index (χ3n) is 0.969. The van der Waals surface area contributed by atoms with Crippen molar-refractivity contribution in [3.8, 4) is 0 Å². The summed E-state index contributed by atoms with van der Waals surface area (Å²) in [5.74, 6) is -1.08. The van der Waals surface area contributed by atoms with E-state index in [1.54, 1.807) is 6.92 Å². The molecule has 3 nitrogen and oxygen atoms in total. The van der Waals surface area contributed by atoms with Gasteiger partial charge in [-0.3, -0.25) is 4.99 Å². The number of hydrogen-bond acceptors (Lipinski definition) is 3. The van der Waals surface area contributed by atoms with Crippen LogP contribution in [0.15, 0.2) is 15.6 Å². The molecule has 0 amide bonds. The third-order valence-corrected chi connectivity index (χ3v) is 1.50. The van der Waals surface area contributed by atoms with Gasteiger partial charge in [0.25, 0.3) is 0 Å². The van der Waals surface area contributed by atoms with E-state index in [0.717, 1.165) is 0 Å². The van der Waals surface area contributed by atoms with Crippen LogP contribution in [0.25, 0.3) is 0 Å². The van der Waals surface area contributed by atoms with Crippen LogP contribution in [0.3, 0.4) is 0 Å². The van der Waals surface area contributed by atoms with Crippen LogP contribution >= 0.6 is 12.6 Å². The number of aliphatic imine (C=N–C) groups is 1. The number of rotatable bonds is 3. The van der Waals surface area contributed by atoms with Crippen molar-refractivity contribution in [1.29, 1.82) is 0 Å². The second-order valence-electron chi connectivity index (χ2n) is 1.61. The van der Waals surface area contributed by atoms with Gasteiger partial charge in [0.2, 0.25) is 0 Å². The Morgan fingerprint density at radius 1 is 1.80 bits per heavy atom. The molecule has 0 aliphatic carbocycles. The molecule has 0 radical (unpaired) electrons. The lowest BCUT2D eigenvalue weighted by Crippen LogP contribution is -1.99. The smallest absolute Gasteiger partial charge is 0.355 e. The summed E-state index contributed by atoms with van der Waals surface area (Å²) < 4.78 is 0. The number of allylic oxidation sites excluding steroid dienone is 1. The summed E-state index contributed by atoms with van der Waals surface area (Å²) in [5, 5.41) is 8.43. The summed E-state index contributed by atoms with van der Waals surface area (Å²) in [6, 6.07) is 0. The zero-order valence-corrected chi connectivity index (χ0v) is 6.56. The minimum atomic E-state index is -1.08. The van der Waals surface area contributed by atoms with E-state index in [4.69, 9.17) is 5.11 Å². The first-order valence-corrected chi connectivity index (χ1v) is 3.20. The first-order chi connectivity index (χ1) is 4.63. The molecule has 0 atom stereocenters. The Balaban J connectivity index is 4.62. The number of nitrogens with zero attached hydrogens (tertiary/aromatic N) is 1. The van der Waals surface area contributed by atoms with Crippen LogP contribution in [-0.4, -0.2) is 17.8 Å². The summed E-state index contributed by atoms with van der Waals surface area (Å²) in [4.78, 5) is 14.0. The minimum absolute atomic E-state index is 0.0640. The van der Waals surface area contributed by atoms with Crippen LogP contribution in [-0.2, 0) is 4.79 Å². The molecule has 0 rings (SSSR count). The number of hydrogen-bond donors (Lipinski definition) is 2. The second kappa shape index (κ2) is 4.11. The van der Waals surface area contributed by atoms with E-state index in [9.17, 15) is 4.79 Å². The Morgan fingerprint density at radius 2 is 2.30 bits per heavy atom. The molecule has 0 aliphatic rings. The van der Waals surface area contributed by atoms with Gasteiger partial charge in [-0.25, -0.2) is 4.79 Å². The maximum atomic E-state index is 10.3. The molecule has 56 valence electrons. The maximum Gasteiger partial charge on any atom is 0.355 e. The van der Waals surface area contributed by atoms with Crippen molar-refractivity contribution in [2.45, 2.75) is 13.3 Å². The van der Waals surface area contributed by atoms with Gasteiger partial charge in [-0.1, -0.05) is 6.92 Å². The zero-order valence-electron chi connectivity index (χ0n) is 5.66. The van der Waals surface area contributed by atoms with Crippen LogP contribution in [0.4, 0.5) is 0 Å². The third kappa shape index (κ3) is 2.23. The van der Waals surface area contributed by atoms with Crippen LogP contribution < -0.4 is 0 Å². The topological polar surface area (TPSA) is 49.7 Å². The highest BCUT2D eigenvalue weighted by Gasteiger charge is 2.07. The standard InChI is InChI=1S/C6H9NO2S/c1-3-4(10)5(7-2)6(8)9/h10H,2-3H2,1H3,(H,8,9)/b5-4-. The normalized spacial score (nSPS) is 12.2. The first-order valence-electron chi connectivity index (χ1n) is 2.75. The summed E-state index contributed by atoms with van der Waals surface area (Å²) >= 11 is 3.91. The van der Waals surface area contributed by atoms with E-state index in [2.05, 4.69) is 24.3 Å². The van der Waals surface area contributed by atoms with E-state index in [-0.39, 0.29) is 5.70 Å². The van der Waals surface area contributed by atoms with E-state index in [1.807, 2.05) is 0 Å². The van der Waals surface area contributed by atoms with Gasteiger partial charge in [-0.2, -0.15) is 0 Å². The molecule has 4 heteroatoms. The molecule has 0 aromatic carbocycles. The van der Waals surface area contributed by atoms with Gasteiger partial charge in [0.05, 0.1) is 0 Å². The Kier molecular flexibility index (Phi) is 3.79. The van der Waals surface area contributed by atoms with Crippen LogP contribution in [0.5, 0.6) is 0 Å². The SMILES string of the molecule is C=N/C(C(=O)O)=C(\S)CC. The lowest BCUT2D eigenvalue weighted by atomic mass is 10.3. The Morgan fingerprint density at radius 3 is 2.40 bits per heavy atom. The van der Waals surface area contributed by atoms with Crippen LogP contribution in [0.1, 0.15) is 13.3 Å². The Labute approximate surface area is 64.9 Å². The number of carbonyl (C=O) groups is 1. The Hall–Kier alpha value is -0.770. The van der Waals surface area contributed by atoms with E-state index < -0.39 is 5.97 Å². The minimum Gasteiger partial charge on any atom is -0.476 e. The van der Waals surface area contributed by atoms with Gasteiger partial charge < -0.3 is 5.11 Å². The molecular formula is C6H9NO2S. The van der Waals surface area contributed by atoms with Crippen molar-refractivity contribution in [2.24, 2.45) is 4.99 Å². The fourth-order valence-corrected chi connectivity index (χ4v) is 0.616. The summed E-state index contributed by atoms with van der Waals surface area (Å²) in [7, 11) is 0.